The molecule has 86 valence electrons. The molecule has 2 aromatic rings. The van der Waals surface area contributed by atoms with Gasteiger partial charge in [0.15, 0.2) is 0 Å². The summed E-state index contributed by atoms with van der Waals surface area (Å²) < 4.78 is 32.3. The zero-order valence-corrected chi connectivity index (χ0v) is 13.1. The van der Waals surface area contributed by atoms with Gasteiger partial charge in [-0.3, -0.25) is 0 Å². The molecule has 0 aliphatic rings. The van der Waals surface area contributed by atoms with Crippen molar-refractivity contribution in [3.63, 3.8) is 0 Å². The maximum Gasteiger partial charge on any atom is 1.00 e. The number of hydrogen-bond donors (Lipinski definition) is 0. The Labute approximate surface area is 126 Å². The second-order valence-corrected chi connectivity index (χ2v) is 6.08. The Hall–Kier alpha value is 0.0200. The van der Waals surface area contributed by atoms with Crippen molar-refractivity contribution in [2.75, 3.05) is 5.75 Å². The Kier molecular flexibility index (Phi) is 5.56. The minimum absolute atomic E-state index is 0. The fraction of sp³-hybridized carbons (Fsp3) is 0.300. The van der Waals surface area contributed by atoms with Crippen LogP contribution in [0.25, 0.3) is 10.2 Å². The molecule has 1 heterocycles. The molecular formula is C10H10NNaO3S2. The topological polar surface area (TPSA) is 70.1 Å². The van der Waals surface area contributed by atoms with Crippen LogP contribution in [0.15, 0.2) is 24.3 Å². The first-order chi connectivity index (χ1) is 7.54. The standard InChI is InChI=1S/C10H11NO3S2.Na/c12-16(13,14)7-3-6-10-11-8-4-1-2-5-9(8)15-10;/h1-2,4-5H,3,6-7H2,(H,12,13,14);/q;+1/p-1. The van der Waals surface area contributed by atoms with E-state index in [1.54, 1.807) is 0 Å². The predicted molar refractivity (Wildman–Crippen MR) is 62.5 cm³/mol. The molecule has 0 saturated carbocycles. The van der Waals surface area contributed by atoms with Crippen LogP contribution in [-0.2, 0) is 16.5 Å². The van der Waals surface area contributed by atoms with Gasteiger partial charge in [0.25, 0.3) is 0 Å². The molecule has 1 aromatic heterocycles. The summed E-state index contributed by atoms with van der Waals surface area (Å²) >= 11 is 1.54. The second-order valence-electron chi connectivity index (χ2n) is 3.44. The van der Waals surface area contributed by atoms with E-state index in [1.807, 2.05) is 24.3 Å². The van der Waals surface area contributed by atoms with E-state index in [4.69, 9.17) is 0 Å². The van der Waals surface area contributed by atoms with Crippen LogP contribution in [0.2, 0.25) is 0 Å². The van der Waals surface area contributed by atoms with E-state index < -0.39 is 10.1 Å². The Morgan fingerprint density at radius 1 is 1.29 bits per heavy atom. The average molecular weight is 279 g/mol. The number of aromatic nitrogens is 1. The van der Waals surface area contributed by atoms with Crippen molar-refractivity contribution in [2.45, 2.75) is 12.8 Å². The molecule has 17 heavy (non-hydrogen) atoms. The van der Waals surface area contributed by atoms with E-state index in [-0.39, 0.29) is 35.3 Å². The molecule has 0 unspecified atom stereocenters. The molecule has 0 radical (unpaired) electrons. The monoisotopic (exact) mass is 279 g/mol. The largest absolute Gasteiger partial charge is 1.00 e. The Balaban J connectivity index is 0.00000144. The molecule has 0 spiro atoms. The predicted octanol–water partition coefficient (Wildman–Crippen LogP) is -1.22. The van der Waals surface area contributed by atoms with Crippen LogP contribution in [0.3, 0.4) is 0 Å². The smallest absolute Gasteiger partial charge is 0.748 e. The van der Waals surface area contributed by atoms with Gasteiger partial charge in [-0.25, -0.2) is 13.4 Å². The quantitative estimate of drug-likeness (QED) is 0.519. The van der Waals surface area contributed by atoms with Crippen molar-refractivity contribution in [1.82, 2.24) is 4.98 Å². The molecule has 2 rings (SSSR count). The maximum atomic E-state index is 10.4. The Morgan fingerprint density at radius 2 is 2.00 bits per heavy atom. The summed E-state index contributed by atoms with van der Waals surface area (Å²) in [6.07, 6.45) is 0.881. The van der Waals surface area contributed by atoms with Crippen LogP contribution in [0.5, 0.6) is 0 Å². The first-order valence-corrected chi connectivity index (χ1v) is 7.22. The van der Waals surface area contributed by atoms with E-state index in [2.05, 4.69) is 4.98 Å². The first kappa shape index (κ1) is 15.1. The Bertz CT molecular complexity index is 561. The van der Waals surface area contributed by atoms with Gasteiger partial charge in [0.1, 0.15) is 0 Å². The zero-order valence-electron chi connectivity index (χ0n) is 9.42. The SMILES string of the molecule is O=S(=O)([O-])CCCc1nc2ccccc2s1.[Na+]. The zero-order chi connectivity index (χ0) is 11.6. The number of rotatable bonds is 4. The average Bonchev–Trinajstić information content (AvgIpc) is 2.57. The van der Waals surface area contributed by atoms with Gasteiger partial charge in [-0.1, -0.05) is 12.1 Å². The van der Waals surface area contributed by atoms with Crippen molar-refractivity contribution < 1.29 is 42.5 Å². The third-order valence-electron chi connectivity index (χ3n) is 2.12. The normalized spacial score (nSPS) is 11.4. The van der Waals surface area contributed by atoms with Gasteiger partial charge >= 0.3 is 29.6 Å². The molecule has 0 aliphatic heterocycles. The number of nitrogens with zero attached hydrogens (tertiary/aromatic N) is 1. The summed E-state index contributed by atoms with van der Waals surface area (Å²) in [6, 6.07) is 7.74. The van der Waals surface area contributed by atoms with Gasteiger partial charge in [-0.05, 0) is 18.6 Å². The molecule has 0 amide bonds. The summed E-state index contributed by atoms with van der Waals surface area (Å²) in [5.74, 6) is -0.317. The van der Waals surface area contributed by atoms with Gasteiger partial charge in [-0.15, -0.1) is 11.3 Å². The van der Waals surface area contributed by atoms with Crippen molar-refractivity contribution in [1.29, 1.82) is 0 Å². The molecular weight excluding hydrogens is 269 g/mol. The van der Waals surface area contributed by atoms with E-state index in [9.17, 15) is 13.0 Å². The van der Waals surface area contributed by atoms with Gasteiger partial charge in [0.05, 0.1) is 25.3 Å². The molecule has 7 heteroatoms. The number of thiazole rings is 1. The molecule has 0 N–H and O–H groups in total. The van der Waals surface area contributed by atoms with E-state index in [1.165, 1.54) is 11.3 Å². The number of aryl methyl sites for hydroxylation is 1. The number of benzene rings is 1. The van der Waals surface area contributed by atoms with E-state index in [0.717, 1.165) is 15.2 Å². The maximum absolute atomic E-state index is 10.4. The fourth-order valence-electron chi connectivity index (χ4n) is 1.43. The minimum Gasteiger partial charge on any atom is -0.748 e. The first-order valence-electron chi connectivity index (χ1n) is 4.83. The summed E-state index contributed by atoms with van der Waals surface area (Å²) in [5, 5.41) is 0.879. The summed E-state index contributed by atoms with van der Waals surface area (Å²) in [6.45, 7) is 0. The van der Waals surface area contributed by atoms with Crippen molar-refractivity contribution >= 4 is 31.7 Å². The molecule has 0 aliphatic carbocycles. The number of fused-ring (bicyclic) bond motifs is 1. The van der Waals surface area contributed by atoms with Crippen LogP contribution in [0.1, 0.15) is 11.4 Å². The van der Waals surface area contributed by atoms with Crippen LogP contribution in [-0.4, -0.2) is 23.7 Å². The van der Waals surface area contributed by atoms with Gasteiger partial charge in [0.2, 0.25) is 0 Å². The molecule has 0 saturated heterocycles. The van der Waals surface area contributed by atoms with Crippen LogP contribution in [0.4, 0.5) is 0 Å². The van der Waals surface area contributed by atoms with Crippen molar-refractivity contribution in [3.05, 3.63) is 29.3 Å². The summed E-state index contributed by atoms with van der Waals surface area (Å²) in [7, 11) is -4.10. The fourth-order valence-corrected chi connectivity index (χ4v) is 2.93. The van der Waals surface area contributed by atoms with Crippen LogP contribution < -0.4 is 29.6 Å². The molecule has 4 nitrogen and oxygen atoms in total. The summed E-state index contributed by atoms with van der Waals surface area (Å²) in [4.78, 5) is 4.35. The van der Waals surface area contributed by atoms with E-state index >= 15 is 0 Å². The van der Waals surface area contributed by atoms with Gasteiger partial charge in [-0.2, -0.15) is 0 Å². The van der Waals surface area contributed by atoms with Gasteiger partial charge in [0, 0.05) is 12.2 Å². The van der Waals surface area contributed by atoms with E-state index in [0.29, 0.717) is 12.8 Å². The van der Waals surface area contributed by atoms with Gasteiger partial charge < -0.3 is 4.55 Å². The summed E-state index contributed by atoms with van der Waals surface area (Å²) in [5.41, 5.74) is 0.924. The van der Waals surface area contributed by atoms with Crippen LogP contribution in [0, 0.1) is 0 Å². The van der Waals surface area contributed by atoms with Crippen molar-refractivity contribution in [2.24, 2.45) is 0 Å². The molecule has 0 bridgehead atoms. The molecule has 0 atom stereocenters. The Morgan fingerprint density at radius 3 is 2.65 bits per heavy atom. The minimum atomic E-state index is -4.10. The van der Waals surface area contributed by atoms with Crippen LogP contribution >= 0.6 is 11.3 Å². The third-order valence-corrected chi connectivity index (χ3v) is 4.01. The van der Waals surface area contributed by atoms with Crippen molar-refractivity contribution in [3.8, 4) is 0 Å². The number of para-hydroxylation sites is 1. The second kappa shape index (κ2) is 6.26. The third kappa shape index (κ3) is 4.65. The molecule has 0 fully saturated rings. The molecule has 1 aromatic carbocycles. The number of hydrogen-bond acceptors (Lipinski definition) is 5.